The number of halogens is 1. The van der Waals surface area contributed by atoms with Crippen molar-refractivity contribution in [2.45, 2.75) is 24.8 Å². The summed E-state index contributed by atoms with van der Waals surface area (Å²) in [5.41, 5.74) is 0. The van der Waals surface area contributed by atoms with Crippen molar-refractivity contribution in [2.24, 2.45) is 0 Å². The molecule has 0 aliphatic rings. The average molecular weight is 347 g/mol. The molecule has 0 saturated heterocycles. The first-order valence-corrected chi connectivity index (χ1v) is 8.99. The van der Waals surface area contributed by atoms with Gasteiger partial charge in [0.25, 0.3) is 0 Å². The smallest absolute Gasteiger partial charge is 0.242 e. The van der Waals surface area contributed by atoms with E-state index in [0.717, 1.165) is 0 Å². The maximum Gasteiger partial charge on any atom is 0.242 e. The molecule has 6 nitrogen and oxygen atoms in total. The molecule has 0 amide bonds. The van der Waals surface area contributed by atoms with Crippen LogP contribution >= 0.6 is 22.9 Å². The topological polar surface area (TPSA) is 84.0 Å². The van der Waals surface area contributed by atoms with Gasteiger partial charge < -0.3 is 5.32 Å². The molecule has 0 spiro atoms. The fourth-order valence-corrected chi connectivity index (χ4v) is 3.86. The van der Waals surface area contributed by atoms with Gasteiger partial charge in [0.05, 0.1) is 11.1 Å². The number of sulfonamides is 1. The zero-order chi connectivity index (χ0) is 15.5. The molecule has 1 atom stereocenters. The van der Waals surface area contributed by atoms with Crippen LogP contribution < -0.4 is 10.0 Å². The van der Waals surface area contributed by atoms with Crippen LogP contribution in [0.25, 0.3) is 0 Å². The highest BCUT2D eigenvalue weighted by Gasteiger charge is 2.21. The number of anilines is 1. The first-order valence-electron chi connectivity index (χ1n) is 6.25. The predicted molar refractivity (Wildman–Crippen MR) is 84.3 cm³/mol. The lowest BCUT2D eigenvalue weighted by Gasteiger charge is -2.13. The van der Waals surface area contributed by atoms with Gasteiger partial charge in [-0.1, -0.05) is 11.6 Å². The molecule has 0 aliphatic carbocycles. The van der Waals surface area contributed by atoms with Gasteiger partial charge >= 0.3 is 0 Å². The molecule has 1 unspecified atom stereocenters. The van der Waals surface area contributed by atoms with Crippen molar-refractivity contribution < 1.29 is 8.42 Å². The van der Waals surface area contributed by atoms with Gasteiger partial charge in [0.2, 0.25) is 10.0 Å². The summed E-state index contributed by atoms with van der Waals surface area (Å²) in [6.45, 7) is 4.29. The molecule has 2 aromatic heterocycles. The van der Waals surface area contributed by atoms with Crippen LogP contribution in [-0.2, 0) is 10.0 Å². The van der Waals surface area contributed by atoms with Crippen molar-refractivity contribution in [3.05, 3.63) is 33.9 Å². The Balaban J connectivity index is 2.21. The molecule has 21 heavy (non-hydrogen) atoms. The van der Waals surface area contributed by atoms with Crippen molar-refractivity contribution in [3.63, 3.8) is 0 Å². The molecule has 2 rings (SSSR count). The molecule has 0 bridgehead atoms. The van der Waals surface area contributed by atoms with Gasteiger partial charge in [0, 0.05) is 24.3 Å². The van der Waals surface area contributed by atoms with Crippen molar-refractivity contribution in [1.82, 2.24) is 14.7 Å². The number of nitrogens with zero attached hydrogens (tertiary/aromatic N) is 2. The molecule has 114 valence electrons. The third-order valence-electron chi connectivity index (χ3n) is 2.62. The second kappa shape index (κ2) is 6.69. The molecule has 0 aliphatic heterocycles. The minimum atomic E-state index is -3.70. The van der Waals surface area contributed by atoms with Gasteiger partial charge in [0.1, 0.15) is 15.7 Å². The van der Waals surface area contributed by atoms with Gasteiger partial charge in [-0.2, -0.15) is 0 Å². The van der Waals surface area contributed by atoms with E-state index >= 15 is 0 Å². The highest BCUT2D eigenvalue weighted by Crippen LogP contribution is 2.24. The van der Waals surface area contributed by atoms with Crippen molar-refractivity contribution in [1.29, 1.82) is 0 Å². The molecule has 2 aromatic rings. The normalized spacial score (nSPS) is 13.1. The van der Waals surface area contributed by atoms with Gasteiger partial charge in [-0.05, 0) is 19.9 Å². The first-order chi connectivity index (χ1) is 9.94. The number of aromatic nitrogens is 2. The van der Waals surface area contributed by atoms with Crippen LogP contribution in [0.3, 0.4) is 0 Å². The van der Waals surface area contributed by atoms with Crippen LogP contribution in [0, 0.1) is 0 Å². The molecule has 0 radical (unpaired) electrons. The van der Waals surface area contributed by atoms with Crippen LogP contribution in [0.4, 0.5) is 5.82 Å². The maximum atomic E-state index is 12.3. The molecule has 0 aromatic carbocycles. The SMILES string of the molecule is CCNc1ncc(S(=O)(=O)NC(C)c2nccs2)cc1Cl. The lowest BCUT2D eigenvalue weighted by Crippen LogP contribution is -2.27. The van der Waals surface area contributed by atoms with Crippen molar-refractivity contribution >= 4 is 38.8 Å². The Hall–Kier alpha value is -1.22. The van der Waals surface area contributed by atoms with E-state index in [2.05, 4.69) is 20.0 Å². The third kappa shape index (κ3) is 3.91. The Bertz CT molecular complexity index is 704. The van der Waals surface area contributed by atoms with E-state index in [0.29, 0.717) is 17.4 Å². The Kier molecular flexibility index (Phi) is 5.15. The highest BCUT2D eigenvalue weighted by atomic mass is 35.5. The van der Waals surface area contributed by atoms with Crippen LogP contribution in [-0.4, -0.2) is 24.9 Å². The Labute approximate surface area is 132 Å². The van der Waals surface area contributed by atoms with Crippen LogP contribution in [0.1, 0.15) is 24.9 Å². The molecule has 9 heteroatoms. The molecule has 2 N–H and O–H groups in total. The maximum absolute atomic E-state index is 12.3. The third-order valence-corrected chi connectivity index (χ3v) is 5.38. The molecule has 0 saturated carbocycles. The summed E-state index contributed by atoms with van der Waals surface area (Å²) < 4.78 is 27.2. The highest BCUT2D eigenvalue weighted by molar-refractivity contribution is 7.89. The second-order valence-electron chi connectivity index (χ2n) is 4.25. The number of hydrogen-bond donors (Lipinski definition) is 2. The van der Waals surface area contributed by atoms with Gasteiger partial charge in [-0.25, -0.2) is 23.1 Å². The minimum Gasteiger partial charge on any atom is -0.369 e. The Morgan fingerprint density at radius 2 is 2.19 bits per heavy atom. The lowest BCUT2D eigenvalue weighted by molar-refractivity contribution is 0.566. The van der Waals surface area contributed by atoms with E-state index in [1.54, 1.807) is 18.5 Å². The quantitative estimate of drug-likeness (QED) is 0.840. The van der Waals surface area contributed by atoms with Gasteiger partial charge in [-0.3, -0.25) is 0 Å². The molecular weight excluding hydrogens is 332 g/mol. The van der Waals surface area contributed by atoms with E-state index in [9.17, 15) is 8.42 Å². The predicted octanol–water partition coefficient (Wildman–Crippen LogP) is 2.66. The van der Waals surface area contributed by atoms with E-state index in [-0.39, 0.29) is 9.92 Å². The van der Waals surface area contributed by atoms with Gasteiger partial charge in [0.15, 0.2) is 0 Å². The summed E-state index contributed by atoms with van der Waals surface area (Å²) in [5.74, 6) is 0.464. The number of rotatable bonds is 6. The molecular formula is C12H15ClN4O2S2. The fourth-order valence-electron chi connectivity index (χ4n) is 1.66. The monoisotopic (exact) mass is 346 g/mol. The standard InChI is InChI=1S/C12H15ClN4O2S2/c1-3-14-11-10(13)6-9(7-16-11)21(18,19)17-8(2)12-15-4-5-20-12/h4-8,17H,3H2,1-2H3,(H,14,16). The Morgan fingerprint density at radius 3 is 2.76 bits per heavy atom. The van der Waals surface area contributed by atoms with E-state index in [1.807, 2.05) is 6.92 Å². The molecule has 0 fully saturated rings. The Morgan fingerprint density at radius 1 is 1.43 bits per heavy atom. The van der Waals surface area contributed by atoms with Crippen molar-refractivity contribution in [2.75, 3.05) is 11.9 Å². The summed E-state index contributed by atoms with van der Waals surface area (Å²) in [7, 11) is -3.70. The van der Waals surface area contributed by atoms with Gasteiger partial charge in [-0.15, -0.1) is 11.3 Å². The number of pyridine rings is 1. The summed E-state index contributed by atoms with van der Waals surface area (Å²) >= 11 is 7.41. The minimum absolute atomic E-state index is 0.0255. The van der Waals surface area contributed by atoms with Crippen LogP contribution in [0.15, 0.2) is 28.7 Å². The summed E-state index contributed by atoms with van der Waals surface area (Å²) in [6.07, 6.45) is 2.91. The lowest BCUT2D eigenvalue weighted by atomic mass is 10.4. The average Bonchev–Trinajstić information content (AvgIpc) is 2.95. The fraction of sp³-hybridized carbons (Fsp3) is 0.333. The molecule has 2 heterocycles. The summed E-state index contributed by atoms with van der Waals surface area (Å²) in [6, 6.07) is 0.964. The number of nitrogens with one attached hydrogen (secondary N) is 2. The van der Waals surface area contributed by atoms with E-state index < -0.39 is 16.1 Å². The number of hydrogen-bond acceptors (Lipinski definition) is 6. The zero-order valence-electron chi connectivity index (χ0n) is 11.5. The van der Waals surface area contributed by atoms with Crippen LogP contribution in [0.5, 0.6) is 0 Å². The first kappa shape index (κ1) is 16.2. The second-order valence-corrected chi connectivity index (χ2v) is 7.29. The number of thiazole rings is 1. The van der Waals surface area contributed by atoms with Crippen LogP contribution in [0.2, 0.25) is 5.02 Å². The zero-order valence-corrected chi connectivity index (χ0v) is 13.9. The summed E-state index contributed by atoms with van der Waals surface area (Å²) in [4.78, 5) is 8.14. The van der Waals surface area contributed by atoms with E-state index in [1.165, 1.54) is 23.6 Å². The largest absolute Gasteiger partial charge is 0.369 e. The van der Waals surface area contributed by atoms with E-state index in [4.69, 9.17) is 11.6 Å². The van der Waals surface area contributed by atoms with Crippen molar-refractivity contribution in [3.8, 4) is 0 Å². The summed E-state index contributed by atoms with van der Waals surface area (Å²) in [5, 5.41) is 5.71.